The van der Waals surface area contributed by atoms with Gasteiger partial charge in [0.15, 0.2) is 0 Å². The maximum absolute atomic E-state index is 11.0. The summed E-state index contributed by atoms with van der Waals surface area (Å²) in [6.45, 7) is 3.05. The van der Waals surface area contributed by atoms with Gasteiger partial charge in [-0.3, -0.25) is 4.52 Å². The van der Waals surface area contributed by atoms with Crippen molar-refractivity contribution in [2.24, 2.45) is 0 Å². The van der Waals surface area contributed by atoms with Crippen LogP contribution in [0.2, 0.25) is 0 Å². The minimum atomic E-state index is -5.08. The second kappa shape index (κ2) is 6.41. The molecule has 0 heterocycles. The van der Waals surface area contributed by atoms with E-state index in [1.165, 1.54) is 6.92 Å². The lowest BCUT2D eigenvalue weighted by Crippen LogP contribution is -2.25. The van der Waals surface area contributed by atoms with Crippen LogP contribution < -0.4 is 0 Å². The lowest BCUT2D eigenvalue weighted by molar-refractivity contribution is 0.0245. The Hall–Kier alpha value is 0.220. The SMILES string of the molecule is CCCC(C)(O)CCOP(=O)(O)OP(=O)(O)O. The Morgan fingerprint density at radius 1 is 1.18 bits per heavy atom. The third-order valence-electron chi connectivity index (χ3n) is 1.89. The van der Waals surface area contributed by atoms with E-state index in [9.17, 15) is 14.2 Å². The van der Waals surface area contributed by atoms with Crippen molar-refractivity contribution in [3.63, 3.8) is 0 Å². The third-order valence-corrected chi connectivity index (χ3v) is 4.08. The molecule has 0 amide bonds. The van der Waals surface area contributed by atoms with Crippen molar-refractivity contribution in [2.75, 3.05) is 6.61 Å². The van der Waals surface area contributed by atoms with Crippen LogP contribution >= 0.6 is 15.6 Å². The van der Waals surface area contributed by atoms with Gasteiger partial charge in [-0.1, -0.05) is 13.3 Å². The highest BCUT2D eigenvalue weighted by molar-refractivity contribution is 7.60. The van der Waals surface area contributed by atoms with E-state index < -0.39 is 21.2 Å². The molecule has 0 saturated heterocycles. The summed E-state index contributed by atoms with van der Waals surface area (Å²) >= 11 is 0. The molecule has 0 aromatic carbocycles. The van der Waals surface area contributed by atoms with E-state index in [0.717, 1.165) is 6.42 Å². The van der Waals surface area contributed by atoms with E-state index in [-0.39, 0.29) is 13.0 Å². The first-order valence-corrected chi connectivity index (χ1v) is 7.97. The fourth-order valence-corrected chi connectivity index (χ4v) is 2.79. The molecule has 4 N–H and O–H groups in total. The normalized spacial score (nSPS) is 19.6. The van der Waals surface area contributed by atoms with Crippen molar-refractivity contribution in [1.29, 1.82) is 0 Å². The monoisotopic (exact) mass is 292 g/mol. The van der Waals surface area contributed by atoms with Crippen LogP contribution in [0.1, 0.15) is 33.1 Å². The van der Waals surface area contributed by atoms with Crippen LogP contribution in [0.25, 0.3) is 0 Å². The van der Waals surface area contributed by atoms with Crippen LogP contribution in [0.3, 0.4) is 0 Å². The quantitative estimate of drug-likeness (QED) is 0.489. The van der Waals surface area contributed by atoms with Crippen molar-refractivity contribution >= 4 is 15.6 Å². The molecule has 0 aliphatic carbocycles. The van der Waals surface area contributed by atoms with E-state index in [4.69, 9.17) is 14.7 Å². The number of aliphatic hydroxyl groups is 1. The van der Waals surface area contributed by atoms with Gasteiger partial charge in [-0.25, -0.2) is 9.13 Å². The van der Waals surface area contributed by atoms with Crippen molar-refractivity contribution in [2.45, 2.75) is 38.7 Å². The molecule has 17 heavy (non-hydrogen) atoms. The molecule has 0 aromatic rings. The Balaban J connectivity index is 4.12. The van der Waals surface area contributed by atoms with Gasteiger partial charge in [0, 0.05) is 0 Å². The average molecular weight is 292 g/mol. The van der Waals surface area contributed by atoms with Crippen LogP contribution in [0.4, 0.5) is 0 Å². The first-order chi connectivity index (χ1) is 7.47. The van der Waals surface area contributed by atoms with Crippen LogP contribution in [0.5, 0.6) is 0 Å². The Morgan fingerprint density at radius 2 is 1.71 bits per heavy atom. The molecule has 0 aliphatic rings. The Labute approximate surface area is 99.4 Å². The molecule has 0 aromatic heterocycles. The highest BCUT2D eigenvalue weighted by atomic mass is 31.3. The molecule has 104 valence electrons. The van der Waals surface area contributed by atoms with Gasteiger partial charge in [0.2, 0.25) is 0 Å². The molecule has 8 nitrogen and oxygen atoms in total. The Morgan fingerprint density at radius 3 is 2.12 bits per heavy atom. The highest BCUT2D eigenvalue weighted by Crippen LogP contribution is 2.57. The van der Waals surface area contributed by atoms with Gasteiger partial charge in [-0.2, -0.15) is 4.31 Å². The van der Waals surface area contributed by atoms with Gasteiger partial charge in [0.05, 0.1) is 12.2 Å². The van der Waals surface area contributed by atoms with Gasteiger partial charge < -0.3 is 19.8 Å². The van der Waals surface area contributed by atoms with Gasteiger partial charge in [0.1, 0.15) is 0 Å². The van der Waals surface area contributed by atoms with E-state index in [1.54, 1.807) is 0 Å². The van der Waals surface area contributed by atoms with Crippen molar-refractivity contribution in [3.8, 4) is 0 Å². The lowest BCUT2D eigenvalue weighted by atomic mass is 9.97. The lowest BCUT2D eigenvalue weighted by Gasteiger charge is -2.22. The molecule has 0 aliphatic heterocycles. The van der Waals surface area contributed by atoms with Crippen molar-refractivity contribution < 1.29 is 37.8 Å². The molecule has 2 atom stereocenters. The molecular weight excluding hydrogens is 274 g/mol. The van der Waals surface area contributed by atoms with Crippen LogP contribution in [-0.4, -0.2) is 32.0 Å². The predicted octanol–water partition coefficient (Wildman–Crippen LogP) is 1.15. The summed E-state index contributed by atoms with van der Waals surface area (Å²) in [7, 11) is -9.87. The van der Waals surface area contributed by atoms with E-state index in [1.807, 2.05) is 6.92 Å². The molecule has 0 saturated carbocycles. The topological polar surface area (TPSA) is 134 Å². The molecule has 0 bridgehead atoms. The van der Waals surface area contributed by atoms with Crippen molar-refractivity contribution in [1.82, 2.24) is 0 Å². The van der Waals surface area contributed by atoms with E-state index >= 15 is 0 Å². The standard InChI is InChI=1S/C7H18O8P2/c1-3-4-7(2,8)5-6-14-17(12,13)15-16(9,10)11/h8H,3-6H2,1-2H3,(H,12,13)(H2,9,10,11). The first kappa shape index (κ1) is 17.2. The molecule has 0 rings (SSSR count). The van der Waals surface area contributed by atoms with Gasteiger partial charge >= 0.3 is 15.6 Å². The summed E-state index contributed by atoms with van der Waals surface area (Å²) in [5.74, 6) is 0. The Bertz CT molecular complexity index is 322. The first-order valence-electron chi connectivity index (χ1n) is 4.94. The largest absolute Gasteiger partial charge is 0.481 e. The van der Waals surface area contributed by atoms with Crippen molar-refractivity contribution in [3.05, 3.63) is 0 Å². The summed E-state index contributed by atoms with van der Waals surface area (Å²) in [6.07, 6.45) is 1.25. The summed E-state index contributed by atoms with van der Waals surface area (Å²) in [4.78, 5) is 25.6. The number of hydrogen-bond acceptors (Lipinski definition) is 5. The second-order valence-electron chi connectivity index (χ2n) is 3.87. The molecule has 2 unspecified atom stereocenters. The summed E-state index contributed by atoms with van der Waals surface area (Å²) < 4.78 is 29.2. The maximum Gasteiger partial charge on any atom is 0.481 e. The zero-order chi connectivity index (χ0) is 13.7. The summed E-state index contributed by atoms with van der Waals surface area (Å²) in [5.41, 5.74) is -1.06. The fourth-order valence-electron chi connectivity index (χ4n) is 1.20. The third kappa shape index (κ3) is 9.88. The van der Waals surface area contributed by atoms with Crippen LogP contribution in [0.15, 0.2) is 0 Å². The number of hydrogen-bond donors (Lipinski definition) is 4. The summed E-state index contributed by atoms with van der Waals surface area (Å²) in [6, 6.07) is 0. The van der Waals surface area contributed by atoms with Crippen LogP contribution in [0, 0.1) is 0 Å². The average Bonchev–Trinajstić information content (AvgIpc) is 1.96. The molecule has 0 spiro atoms. The molecule has 0 radical (unpaired) electrons. The number of rotatable bonds is 8. The van der Waals surface area contributed by atoms with E-state index in [2.05, 4.69) is 8.83 Å². The molecular formula is C7H18O8P2. The highest BCUT2D eigenvalue weighted by Gasteiger charge is 2.32. The fraction of sp³-hybridized carbons (Fsp3) is 1.00. The summed E-state index contributed by atoms with van der Waals surface area (Å²) in [5, 5.41) is 9.70. The second-order valence-corrected chi connectivity index (χ2v) is 6.70. The van der Waals surface area contributed by atoms with Gasteiger partial charge in [-0.05, 0) is 19.8 Å². The zero-order valence-corrected chi connectivity index (χ0v) is 11.4. The molecule has 10 heteroatoms. The zero-order valence-electron chi connectivity index (χ0n) is 9.64. The number of phosphoric acid groups is 2. The maximum atomic E-state index is 11.0. The Kier molecular flexibility index (Phi) is 6.49. The smallest absolute Gasteiger partial charge is 0.390 e. The van der Waals surface area contributed by atoms with Gasteiger partial charge in [-0.15, -0.1) is 0 Å². The minimum Gasteiger partial charge on any atom is -0.390 e. The predicted molar refractivity (Wildman–Crippen MR) is 59.1 cm³/mol. The minimum absolute atomic E-state index is 0.0515. The number of phosphoric ester groups is 1. The van der Waals surface area contributed by atoms with Crippen LogP contribution in [-0.2, 0) is 18.0 Å². The van der Waals surface area contributed by atoms with E-state index in [0.29, 0.717) is 6.42 Å². The van der Waals surface area contributed by atoms with Gasteiger partial charge in [0.25, 0.3) is 0 Å². The molecule has 0 fully saturated rings.